The van der Waals surface area contributed by atoms with Crippen molar-refractivity contribution in [2.24, 2.45) is 0 Å². The molecule has 0 aromatic heterocycles. The van der Waals surface area contributed by atoms with Crippen molar-refractivity contribution < 1.29 is 6.48 Å². The molecule has 2 aromatic rings. The zero-order valence-electron chi connectivity index (χ0n) is 9.48. The van der Waals surface area contributed by atoms with Crippen LogP contribution in [0.1, 0.15) is 12.5 Å². The molecule has 1 heteroatoms. The second-order valence-corrected chi connectivity index (χ2v) is 3.47. The van der Waals surface area contributed by atoms with Crippen molar-refractivity contribution in [3.8, 4) is 11.1 Å². The van der Waals surface area contributed by atoms with Crippen molar-refractivity contribution in [3.05, 3.63) is 59.7 Å². The molecule has 2 rings (SSSR count). The average Bonchev–Trinajstić information content (AvgIpc) is 2.38. The molecule has 0 heterocycles. The Morgan fingerprint density at radius 2 is 1.67 bits per heavy atom. The fourth-order valence-electron chi connectivity index (χ4n) is 1.70. The standard InChI is InChI=1S/C14H14O/c1-11-6-2-4-8-13(11)14-9-5-3-7-12(14)10-15/h2-9,15H,10H2,1H3/i1D. The van der Waals surface area contributed by atoms with Gasteiger partial charge in [-0.05, 0) is 29.2 Å². The number of rotatable bonds is 2. The van der Waals surface area contributed by atoms with E-state index in [0.29, 0.717) is 0 Å². The minimum Gasteiger partial charge on any atom is -0.392 e. The van der Waals surface area contributed by atoms with Crippen molar-refractivity contribution in [3.63, 3.8) is 0 Å². The van der Waals surface area contributed by atoms with Gasteiger partial charge in [0, 0.05) is 1.37 Å². The predicted molar refractivity (Wildman–Crippen MR) is 62.5 cm³/mol. The van der Waals surface area contributed by atoms with Crippen LogP contribution in [0.2, 0.25) is 0 Å². The molecular formula is C14H14O. The predicted octanol–water partition coefficient (Wildman–Crippen LogP) is 3.15. The van der Waals surface area contributed by atoms with Crippen LogP contribution in [0.3, 0.4) is 0 Å². The largest absolute Gasteiger partial charge is 0.392 e. The summed E-state index contributed by atoms with van der Waals surface area (Å²) in [4.78, 5) is 0. The quantitative estimate of drug-likeness (QED) is 0.787. The number of aliphatic hydroxyl groups excluding tert-OH is 1. The Bertz CT molecular complexity index is 434. The van der Waals surface area contributed by atoms with Crippen LogP contribution in [-0.2, 0) is 6.61 Å². The highest BCUT2D eigenvalue weighted by atomic mass is 16.3. The smallest absolute Gasteiger partial charge is 0.0687 e. The third kappa shape index (κ3) is 1.92. The van der Waals surface area contributed by atoms with Gasteiger partial charge >= 0.3 is 0 Å². The monoisotopic (exact) mass is 199 g/mol. The van der Waals surface area contributed by atoms with Crippen LogP contribution >= 0.6 is 0 Å². The summed E-state index contributed by atoms with van der Waals surface area (Å²) in [6, 6.07) is 15.6. The molecule has 0 aliphatic rings. The summed E-state index contributed by atoms with van der Waals surface area (Å²) in [5.74, 6) is 0. The van der Waals surface area contributed by atoms with Crippen molar-refractivity contribution >= 4 is 0 Å². The van der Waals surface area contributed by atoms with E-state index in [1.54, 1.807) is 0 Å². The summed E-state index contributed by atoms with van der Waals surface area (Å²) in [5, 5.41) is 9.30. The first kappa shape index (κ1) is 8.69. The molecule has 0 bridgehead atoms. The molecular weight excluding hydrogens is 184 g/mol. The molecule has 0 fully saturated rings. The molecule has 2 aromatic carbocycles. The number of aliphatic hydroxyl groups is 1. The van der Waals surface area contributed by atoms with Crippen molar-refractivity contribution in [1.29, 1.82) is 0 Å². The molecule has 15 heavy (non-hydrogen) atoms. The Morgan fingerprint density at radius 3 is 2.40 bits per heavy atom. The minimum absolute atomic E-state index is 0.0303. The molecule has 0 unspecified atom stereocenters. The number of hydrogen-bond acceptors (Lipinski definition) is 1. The molecule has 0 atom stereocenters. The van der Waals surface area contributed by atoms with E-state index in [2.05, 4.69) is 0 Å². The first-order valence-corrected chi connectivity index (χ1v) is 4.93. The van der Waals surface area contributed by atoms with Crippen LogP contribution in [0.15, 0.2) is 48.5 Å². The van der Waals surface area contributed by atoms with Gasteiger partial charge in [-0.2, -0.15) is 0 Å². The van der Waals surface area contributed by atoms with Gasteiger partial charge in [0.15, 0.2) is 0 Å². The summed E-state index contributed by atoms with van der Waals surface area (Å²) in [6.45, 7) is 0.290. The highest BCUT2D eigenvalue weighted by Gasteiger charge is 2.04. The Labute approximate surface area is 91.4 Å². The van der Waals surface area contributed by atoms with Gasteiger partial charge in [-0.25, -0.2) is 0 Å². The van der Waals surface area contributed by atoms with E-state index in [1.807, 2.05) is 48.5 Å². The normalized spacial score (nSPS) is 11.1. The van der Waals surface area contributed by atoms with Gasteiger partial charge in [0.05, 0.1) is 6.61 Å². The van der Waals surface area contributed by atoms with Crippen LogP contribution in [-0.4, -0.2) is 5.11 Å². The molecule has 0 radical (unpaired) electrons. The maximum atomic E-state index is 9.30. The zero-order valence-corrected chi connectivity index (χ0v) is 8.48. The summed E-state index contributed by atoms with van der Waals surface area (Å²) in [7, 11) is 0. The highest BCUT2D eigenvalue weighted by molar-refractivity contribution is 5.70. The second kappa shape index (κ2) is 4.28. The van der Waals surface area contributed by atoms with Crippen LogP contribution in [0, 0.1) is 6.90 Å². The van der Waals surface area contributed by atoms with Crippen LogP contribution in [0.4, 0.5) is 0 Å². The average molecular weight is 199 g/mol. The topological polar surface area (TPSA) is 20.2 Å². The van der Waals surface area contributed by atoms with E-state index in [4.69, 9.17) is 1.37 Å². The second-order valence-electron chi connectivity index (χ2n) is 3.47. The molecule has 1 N–H and O–H groups in total. The number of benzene rings is 2. The van der Waals surface area contributed by atoms with Gasteiger partial charge < -0.3 is 5.11 Å². The summed E-state index contributed by atoms with van der Waals surface area (Å²) in [6.07, 6.45) is 0. The van der Waals surface area contributed by atoms with E-state index in [1.165, 1.54) is 0 Å². The zero-order chi connectivity index (χ0) is 11.4. The van der Waals surface area contributed by atoms with E-state index < -0.39 is 0 Å². The molecule has 0 saturated carbocycles. The van der Waals surface area contributed by atoms with Crippen LogP contribution in [0.5, 0.6) is 0 Å². The van der Waals surface area contributed by atoms with E-state index >= 15 is 0 Å². The minimum atomic E-state index is 0.0303. The first-order valence-electron chi connectivity index (χ1n) is 5.64. The maximum absolute atomic E-state index is 9.30. The van der Waals surface area contributed by atoms with Gasteiger partial charge in [-0.3, -0.25) is 0 Å². The van der Waals surface area contributed by atoms with Crippen LogP contribution < -0.4 is 0 Å². The maximum Gasteiger partial charge on any atom is 0.0687 e. The Morgan fingerprint density at radius 1 is 1.00 bits per heavy atom. The first-order chi connectivity index (χ1) is 7.86. The summed E-state index contributed by atoms with van der Waals surface area (Å²) >= 11 is 0. The summed E-state index contributed by atoms with van der Waals surface area (Å²) in [5.41, 5.74) is 3.96. The lowest BCUT2D eigenvalue weighted by atomic mass is 9.96. The van der Waals surface area contributed by atoms with E-state index in [0.717, 1.165) is 22.3 Å². The Kier molecular flexibility index (Phi) is 2.48. The van der Waals surface area contributed by atoms with E-state index in [-0.39, 0.29) is 13.5 Å². The molecule has 0 spiro atoms. The highest BCUT2D eigenvalue weighted by Crippen LogP contribution is 2.26. The molecule has 76 valence electrons. The molecule has 0 amide bonds. The third-order valence-corrected chi connectivity index (χ3v) is 2.50. The van der Waals surface area contributed by atoms with Gasteiger partial charge in [0.25, 0.3) is 0 Å². The fourth-order valence-corrected chi connectivity index (χ4v) is 1.70. The molecule has 0 aliphatic heterocycles. The van der Waals surface area contributed by atoms with Gasteiger partial charge in [-0.1, -0.05) is 48.5 Å². The molecule has 0 saturated heterocycles. The fraction of sp³-hybridized carbons (Fsp3) is 0.143. The number of hydrogen-bond donors (Lipinski definition) is 1. The SMILES string of the molecule is [2H]Cc1ccccc1-c1ccccc1CO. The van der Waals surface area contributed by atoms with Crippen molar-refractivity contribution in [2.75, 3.05) is 0 Å². The number of aryl methyl sites for hydroxylation is 1. The lowest BCUT2D eigenvalue weighted by Gasteiger charge is -2.09. The van der Waals surface area contributed by atoms with Gasteiger partial charge in [-0.15, -0.1) is 0 Å². The molecule has 1 nitrogen and oxygen atoms in total. The van der Waals surface area contributed by atoms with Crippen molar-refractivity contribution in [2.45, 2.75) is 13.5 Å². The third-order valence-electron chi connectivity index (χ3n) is 2.50. The van der Waals surface area contributed by atoms with Crippen LogP contribution in [0.25, 0.3) is 11.1 Å². The Hall–Kier alpha value is -1.60. The molecule has 0 aliphatic carbocycles. The van der Waals surface area contributed by atoms with Gasteiger partial charge in [0.2, 0.25) is 0 Å². The lowest BCUT2D eigenvalue weighted by molar-refractivity contribution is 0.282. The lowest BCUT2D eigenvalue weighted by Crippen LogP contribution is -1.90. The van der Waals surface area contributed by atoms with Gasteiger partial charge in [0.1, 0.15) is 0 Å². The Balaban J connectivity index is 2.58. The summed E-state index contributed by atoms with van der Waals surface area (Å²) < 4.78 is 7.50. The van der Waals surface area contributed by atoms with E-state index in [9.17, 15) is 5.11 Å². The van der Waals surface area contributed by atoms with Crippen molar-refractivity contribution in [1.82, 2.24) is 0 Å².